The Morgan fingerprint density at radius 2 is 1.72 bits per heavy atom. The molecule has 0 aromatic carbocycles. The van der Waals surface area contributed by atoms with Gasteiger partial charge in [0.05, 0.1) is 7.11 Å². The second kappa shape index (κ2) is 6.53. The van der Waals surface area contributed by atoms with Crippen molar-refractivity contribution in [2.75, 3.05) is 33.3 Å². The topological polar surface area (TPSA) is 32.8 Å². The lowest BCUT2D eigenvalue weighted by Crippen LogP contribution is -2.50. The minimum atomic E-state index is -0.105. The largest absolute Gasteiger partial charge is 0.468 e. The summed E-state index contributed by atoms with van der Waals surface area (Å²) in [5, 5.41) is 0. The Kier molecular flexibility index (Phi) is 5.01. The van der Waals surface area contributed by atoms with E-state index in [4.69, 9.17) is 4.74 Å². The molecule has 2 saturated heterocycles. The summed E-state index contributed by atoms with van der Waals surface area (Å²) in [6.07, 6.45) is 6.51. The van der Waals surface area contributed by atoms with Crippen LogP contribution in [-0.4, -0.2) is 61.1 Å². The van der Waals surface area contributed by atoms with Crippen LogP contribution in [0.2, 0.25) is 0 Å². The summed E-state index contributed by atoms with van der Waals surface area (Å²) in [4.78, 5) is 16.4. The summed E-state index contributed by atoms with van der Waals surface area (Å²) in [5.41, 5.74) is 0. The number of nitrogens with zero attached hydrogens (tertiary/aromatic N) is 2. The molecule has 2 aliphatic heterocycles. The zero-order chi connectivity index (χ0) is 13.0. The molecule has 18 heavy (non-hydrogen) atoms. The molecule has 0 unspecified atom stereocenters. The average Bonchev–Trinajstić information content (AvgIpc) is 2.47. The first-order valence-corrected chi connectivity index (χ1v) is 7.28. The molecular weight excluding hydrogens is 228 g/mol. The van der Waals surface area contributed by atoms with Crippen LogP contribution in [0.1, 0.15) is 39.0 Å². The zero-order valence-corrected chi connectivity index (χ0v) is 11.7. The van der Waals surface area contributed by atoms with Crippen LogP contribution in [-0.2, 0) is 9.53 Å². The van der Waals surface area contributed by atoms with Crippen molar-refractivity contribution in [1.29, 1.82) is 0 Å². The predicted molar refractivity (Wildman–Crippen MR) is 71.5 cm³/mol. The van der Waals surface area contributed by atoms with E-state index in [0.29, 0.717) is 0 Å². The van der Waals surface area contributed by atoms with E-state index in [2.05, 4.69) is 9.80 Å². The van der Waals surface area contributed by atoms with Gasteiger partial charge in [0, 0.05) is 19.1 Å². The first kappa shape index (κ1) is 13.8. The lowest BCUT2D eigenvalue weighted by molar-refractivity contribution is -0.147. The number of rotatable bonds is 3. The van der Waals surface area contributed by atoms with Crippen molar-refractivity contribution in [3.05, 3.63) is 0 Å². The van der Waals surface area contributed by atoms with Crippen molar-refractivity contribution >= 4 is 5.97 Å². The van der Waals surface area contributed by atoms with Crippen molar-refractivity contribution < 1.29 is 9.53 Å². The molecule has 0 amide bonds. The van der Waals surface area contributed by atoms with Crippen molar-refractivity contribution in [2.45, 2.75) is 51.1 Å². The normalized spacial score (nSPS) is 25.9. The van der Waals surface area contributed by atoms with Crippen LogP contribution in [0.15, 0.2) is 0 Å². The van der Waals surface area contributed by atoms with E-state index in [0.717, 1.165) is 19.1 Å². The molecule has 2 rings (SSSR count). The van der Waals surface area contributed by atoms with Gasteiger partial charge in [0.1, 0.15) is 6.04 Å². The second-order valence-electron chi connectivity index (χ2n) is 5.56. The quantitative estimate of drug-likeness (QED) is 0.715. The molecule has 1 atom stereocenters. The maximum absolute atomic E-state index is 11.5. The Labute approximate surface area is 110 Å². The Balaban J connectivity index is 1.78. The minimum Gasteiger partial charge on any atom is -0.468 e. The number of likely N-dealkylation sites (tertiary alicyclic amines) is 2. The van der Waals surface area contributed by atoms with E-state index in [1.807, 2.05) is 6.92 Å². The first-order chi connectivity index (χ1) is 8.72. The predicted octanol–water partition coefficient (Wildman–Crippen LogP) is 1.50. The van der Waals surface area contributed by atoms with E-state index in [1.165, 1.54) is 52.3 Å². The highest BCUT2D eigenvalue weighted by molar-refractivity contribution is 5.75. The Morgan fingerprint density at radius 1 is 1.11 bits per heavy atom. The Bertz CT molecular complexity index is 269. The number of ether oxygens (including phenoxy) is 1. The van der Waals surface area contributed by atoms with Gasteiger partial charge in [-0.3, -0.25) is 9.69 Å². The maximum atomic E-state index is 11.5. The molecule has 0 aliphatic carbocycles. The van der Waals surface area contributed by atoms with Crippen molar-refractivity contribution in [3.63, 3.8) is 0 Å². The monoisotopic (exact) mass is 254 g/mol. The van der Waals surface area contributed by atoms with Gasteiger partial charge in [-0.2, -0.15) is 0 Å². The fourth-order valence-corrected chi connectivity index (χ4v) is 3.24. The van der Waals surface area contributed by atoms with Crippen molar-refractivity contribution in [1.82, 2.24) is 9.80 Å². The molecular formula is C14H26N2O2. The second-order valence-corrected chi connectivity index (χ2v) is 5.56. The number of piperidine rings is 2. The molecule has 0 aromatic rings. The molecule has 2 heterocycles. The lowest BCUT2D eigenvalue weighted by Gasteiger charge is -2.41. The van der Waals surface area contributed by atoms with Gasteiger partial charge in [-0.25, -0.2) is 0 Å². The Hall–Kier alpha value is -0.610. The van der Waals surface area contributed by atoms with Crippen LogP contribution in [0.4, 0.5) is 0 Å². The van der Waals surface area contributed by atoms with Gasteiger partial charge >= 0.3 is 5.97 Å². The van der Waals surface area contributed by atoms with Crippen LogP contribution in [0, 0.1) is 0 Å². The Morgan fingerprint density at radius 3 is 2.28 bits per heavy atom. The zero-order valence-electron chi connectivity index (χ0n) is 11.7. The molecule has 2 aliphatic rings. The van der Waals surface area contributed by atoms with E-state index in [-0.39, 0.29) is 12.0 Å². The van der Waals surface area contributed by atoms with E-state index >= 15 is 0 Å². The first-order valence-electron chi connectivity index (χ1n) is 7.28. The summed E-state index contributed by atoms with van der Waals surface area (Å²) in [5.74, 6) is -0.105. The maximum Gasteiger partial charge on any atom is 0.322 e. The minimum absolute atomic E-state index is 0.0858. The fourth-order valence-electron chi connectivity index (χ4n) is 3.24. The van der Waals surface area contributed by atoms with Gasteiger partial charge in [-0.1, -0.05) is 6.42 Å². The molecule has 0 bridgehead atoms. The van der Waals surface area contributed by atoms with Crippen LogP contribution in [0.5, 0.6) is 0 Å². The number of carbonyl (C=O) groups is 1. The van der Waals surface area contributed by atoms with Gasteiger partial charge in [-0.05, 0) is 45.7 Å². The van der Waals surface area contributed by atoms with Crippen LogP contribution < -0.4 is 0 Å². The van der Waals surface area contributed by atoms with Gasteiger partial charge in [-0.15, -0.1) is 0 Å². The molecule has 0 N–H and O–H groups in total. The van der Waals surface area contributed by atoms with Crippen LogP contribution in [0.25, 0.3) is 0 Å². The van der Waals surface area contributed by atoms with Crippen LogP contribution >= 0.6 is 0 Å². The number of methoxy groups -OCH3 is 1. The summed E-state index contributed by atoms with van der Waals surface area (Å²) >= 11 is 0. The molecule has 4 nitrogen and oxygen atoms in total. The average molecular weight is 254 g/mol. The molecule has 4 heteroatoms. The van der Waals surface area contributed by atoms with Crippen molar-refractivity contribution in [3.8, 4) is 0 Å². The van der Waals surface area contributed by atoms with E-state index < -0.39 is 0 Å². The third-order valence-electron chi connectivity index (χ3n) is 4.50. The van der Waals surface area contributed by atoms with Crippen LogP contribution in [0.3, 0.4) is 0 Å². The lowest BCUT2D eigenvalue weighted by atomic mass is 9.99. The van der Waals surface area contributed by atoms with E-state index in [9.17, 15) is 4.79 Å². The summed E-state index contributed by atoms with van der Waals surface area (Å²) in [6, 6.07) is 0.656. The molecule has 0 saturated carbocycles. The standard InChI is InChI=1S/C14H26N2O2/c1-12(14(17)18-2)15-10-6-13(7-11-15)16-8-4-3-5-9-16/h12-13H,3-11H2,1-2H3/t12-/m1/s1. The van der Waals surface area contributed by atoms with Gasteiger partial charge in [0.25, 0.3) is 0 Å². The molecule has 104 valence electrons. The van der Waals surface area contributed by atoms with Gasteiger partial charge in [0.15, 0.2) is 0 Å². The van der Waals surface area contributed by atoms with Gasteiger partial charge in [0.2, 0.25) is 0 Å². The van der Waals surface area contributed by atoms with Crippen molar-refractivity contribution in [2.24, 2.45) is 0 Å². The third-order valence-corrected chi connectivity index (χ3v) is 4.50. The number of hydrogen-bond acceptors (Lipinski definition) is 4. The molecule has 0 aromatic heterocycles. The molecule has 0 radical (unpaired) electrons. The smallest absolute Gasteiger partial charge is 0.322 e. The van der Waals surface area contributed by atoms with Gasteiger partial charge < -0.3 is 9.64 Å². The third kappa shape index (κ3) is 3.23. The molecule has 2 fully saturated rings. The molecule has 0 spiro atoms. The summed E-state index contributed by atoms with van der Waals surface area (Å²) in [6.45, 7) is 6.55. The number of hydrogen-bond donors (Lipinski definition) is 0. The summed E-state index contributed by atoms with van der Waals surface area (Å²) in [7, 11) is 1.47. The highest BCUT2D eigenvalue weighted by Gasteiger charge is 2.29. The van der Waals surface area contributed by atoms with E-state index in [1.54, 1.807) is 0 Å². The SMILES string of the molecule is COC(=O)[C@@H](C)N1CCC(N2CCCCC2)CC1. The highest BCUT2D eigenvalue weighted by Crippen LogP contribution is 2.22. The number of esters is 1. The highest BCUT2D eigenvalue weighted by atomic mass is 16.5. The summed E-state index contributed by atoms with van der Waals surface area (Å²) < 4.78 is 4.82. The fraction of sp³-hybridized carbons (Fsp3) is 0.929. The number of carbonyl (C=O) groups excluding carboxylic acids is 1.